The lowest BCUT2D eigenvalue weighted by Gasteiger charge is -2.21. The smallest absolute Gasteiger partial charge is 0.253 e. The standard InChI is InChI=1S/C24H28N2O4/c1-15-4-6-16(7-5-15)24(28)26-13-20(21(14-26)23(27)25-17-8-9-17)19-11-10-18(29-2)12-22(19)30-3/h4-7,10-12,17,20-21H,8-9,13-14H2,1-3H3,(H,25,27)/t20-,21-/m1/s1. The molecule has 2 aromatic carbocycles. The second kappa shape index (κ2) is 8.38. The maximum atomic E-state index is 13.1. The minimum absolute atomic E-state index is 0.0135. The molecule has 2 aromatic rings. The predicted octanol–water partition coefficient (Wildman–Crippen LogP) is 3.15. The van der Waals surface area contributed by atoms with E-state index >= 15 is 0 Å². The van der Waals surface area contributed by atoms with Crippen LogP contribution >= 0.6 is 0 Å². The Morgan fingerprint density at radius 1 is 1.00 bits per heavy atom. The van der Waals surface area contributed by atoms with Crippen molar-refractivity contribution in [2.75, 3.05) is 27.3 Å². The zero-order valence-electron chi connectivity index (χ0n) is 17.7. The summed E-state index contributed by atoms with van der Waals surface area (Å²) >= 11 is 0. The number of carbonyl (C=O) groups is 2. The van der Waals surface area contributed by atoms with Crippen LogP contribution in [0.4, 0.5) is 0 Å². The van der Waals surface area contributed by atoms with Crippen LogP contribution in [-0.4, -0.2) is 50.1 Å². The summed E-state index contributed by atoms with van der Waals surface area (Å²) in [5.74, 6) is 0.878. The molecule has 1 N–H and O–H groups in total. The number of carbonyl (C=O) groups excluding carboxylic acids is 2. The average molecular weight is 408 g/mol. The first-order valence-corrected chi connectivity index (χ1v) is 10.4. The molecule has 2 aliphatic rings. The maximum absolute atomic E-state index is 13.1. The van der Waals surface area contributed by atoms with Crippen molar-refractivity contribution in [2.24, 2.45) is 5.92 Å². The van der Waals surface area contributed by atoms with E-state index in [9.17, 15) is 9.59 Å². The summed E-state index contributed by atoms with van der Waals surface area (Å²) in [6.45, 7) is 2.86. The lowest BCUT2D eigenvalue weighted by atomic mass is 9.87. The Balaban J connectivity index is 1.63. The van der Waals surface area contributed by atoms with Crippen LogP contribution in [0.3, 0.4) is 0 Å². The molecule has 6 nitrogen and oxygen atoms in total. The summed E-state index contributed by atoms with van der Waals surface area (Å²) < 4.78 is 10.9. The topological polar surface area (TPSA) is 67.9 Å². The molecule has 2 amide bonds. The molecule has 1 saturated carbocycles. The van der Waals surface area contributed by atoms with E-state index in [1.807, 2.05) is 49.4 Å². The van der Waals surface area contributed by atoms with Crippen LogP contribution in [0, 0.1) is 12.8 Å². The Kier molecular flexibility index (Phi) is 5.66. The molecule has 0 bridgehead atoms. The first kappa shape index (κ1) is 20.3. The molecule has 1 saturated heterocycles. The van der Waals surface area contributed by atoms with Gasteiger partial charge in [-0.1, -0.05) is 23.8 Å². The maximum Gasteiger partial charge on any atom is 0.253 e. The summed E-state index contributed by atoms with van der Waals surface area (Å²) in [7, 11) is 3.22. The molecule has 1 heterocycles. The van der Waals surface area contributed by atoms with Gasteiger partial charge in [-0.25, -0.2) is 0 Å². The van der Waals surface area contributed by atoms with Crippen molar-refractivity contribution in [3.05, 3.63) is 59.2 Å². The van der Waals surface area contributed by atoms with Gasteiger partial charge in [0, 0.05) is 42.2 Å². The molecule has 0 unspecified atom stereocenters. The Morgan fingerprint density at radius 2 is 1.73 bits per heavy atom. The number of hydrogen-bond acceptors (Lipinski definition) is 4. The molecular weight excluding hydrogens is 380 g/mol. The third kappa shape index (κ3) is 4.13. The lowest BCUT2D eigenvalue weighted by Crippen LogP contribution is -2.36. The van der Waals surface area contributed by atoms with Crippen molar-refractivity contribution in [3.63, 3.8) is 0 Å². The van der Waals surface area contributed by atoms with E-state index in [1.54, 1.807) is 19.1 Å². The van der Waals surface area contributed by atoms with Gasteiger partial charge in [0.25, 0.3) is 5.91 Å². The first-order valence-electron chi connectivity index (χ1n) is 10.4. The van der Waals surface area contributed by atoms with Gasteiger partial charge >= 0.3 is 0 Å². The number of rotatable bonds is 6. The summed E-state index contributed by atoms with van der Waals surface area (Å²) in [5, 5.41) is 3.12. The largest absolute Gasteiger partial charge is 0.497 e. The van der Waals surface area contributed by atoms with Crippen molar-refractivity contribution >= 4 is 11.8 Å². The molecule has 0 radical (unpaired) electrons. The molecule has 0 aromatic heterocycles. The van der Waals surface area contributed by atoms with Crippen LogP contribution in [0.5, 0.6) is 11.5 Å². The highest BCUT2D eigenvalue weighted by Crippen LogP contribution is 2.40. The molecule has 2 atom stereocenters. The number of amides is 2. The highest BCUT2D eigenvalue weighted by molar-refractivity contribution is 5.95. The van der Waals surface area contributed by atoms with Crippen molar-refractivity contribution in [1.82, 2.24) is 10.2 Å². The van der Waals surface area contributed by atoms with E-state index in [4.69, 9.17) is 9.47 Å². The monoisotopic (exact) mass is 408 g/mol. The molecule has 158 valence electrons. The van der Waals surface area contributed by atoms with Gasteiger partial charge in [0.15, 0.2) is 0 Å². The number of aryl methyl sites for hydroxylation is 1. The van der Waals surface area contributed by atoms with Gasteiger partial charge in [-0.05, 0) is 38.0 Å². The summed E-state index contributed by atoms with van der Waals surface area (Å²) in [5.41, 5.74) is 2.67. The van der Waals surface area contributed by atoms with E-state index in [0.717, 1.165) is 24.0 Å². The van der Waals surface area contributed by atoms with E-state index in [2.05, 4.69) is 5.32 Å². The Morgan fingerprint density at radius 3 is 2.37 bits per heavy atom. The molecule has 0 spiro atoms. The van der Waals surface area contributed by atoms with Crippen LogP contribution in [-0.2, 0) is 4.79 Å². The number of nitrogens with zero attached hydrogens (tertiary/aromatic N) is 1. The van der Waals surface area contributed by atoms with E-state index < -0.39 is 0 Å². The highest BCUT2D eigenvalue weighted by Gasteiger charge is 2.43. The fraction of sp³-hybridized carbons (Fsp3) is 0.417. The zero-order valence-corrected chi connectivity index (χ0v) is 17.7. The Hall–Kier alpha value is -3.02. The minimum Gasteiger partial charge on any atom is -0.497 e. The van der Waals surface area contributed by atoms with Crippen LogP contribution in [0.25, 0.3) is 0 Å². The van der Waals surface area contributed by atoms with Crippen LogP contribution in [0.2, 0.25) is 0 Å². The number of ether oxygens (including phenoxy) is 2. The number of likely N-dealkylation sites (tertiary alicyclic amines) is 1. The number of benzene rings is 2. The van der Waals surface area contributed by atoms with Gasteiger partial charge in [0.05, 0.1) is 20.1 Å². The lowest BCUT2D eigenvalue weighted by molar-refractivity contribution is -0.125. The number of methoxy groups -OCH3 is 2. The van der Waals surface area contributed by atoms with Gasteiger partial charge in [0.2, 0.25) is 5.91 Å². The Labute approximate surface area is 177 Å². The van der Waals surface area contributed by atoms with Gasteiger partial charge in [-0.3, -0.25) is 9.59 Å². The van der Waals surface area contributed by atoms with Crippen molar-refractivity contribution < 1.29 is 19.1 Å². The molecular formula is C24H28N2O4. The van der Waals surface area contributed by atoms with E-state index in [0.29, 0.717) is 30.2 Å². The second-order valence-electron chi connectivity index (χ2n) is 8.18. The minimum atomic E-state index is -0.317. The average Bonchev–Trinajstić information content (AvgIpc) is 3.47. The molecule has 6 heteroatoms. The first-order chi connectivity index (χ1) is 14.5. The predicted molar refractivity (Wildman–Crippen MR) is 114 cm³/mol. The SMILES string of the molecule is COc1ccc([C@H]2CN(C(=O)c3ccc(C)cc3)C[C@H]2C(=O)NC2CC2)c(OC)c1. The highest BCUT2D eigenvalue weighted by atomic mass is 16.5. The zero-order chi connectivity index (χ0) is 21.3. The third-order valence-corrected chi connectivity index (χ3v) is 6.01. The van der Waals surface area contributed by atoms with E-state index in [-0.39, 0.29) is 29.7 Å². The number of hydrogen-bond donors (Lipinski definition) is 1. The van der Waals surface area contributed by atoms with Gasteiger partial charge in [0.1, 0.15) is 11.5 Å². The van der Waals surface area contributed by atoms with Crippen LogP contribution < -0.4 is 14.8 Å². The molecule has 1 aliphatic carbocycles. The third-order valence-electron chi connectivity index (χ3n) is 6.01. The van der Waals surface area contributed by atoms with Gasteiger partial charge in [-0.15, -0.1) is 0 Å². The fourth-order valence-electron chi connectivity index (χ4n) is 4.09. The molecule has 4 rings (SSSR count). The van der Waals surface area contributed by atoms with Crippen molar-refractivity contribution in [2.45, 2.75) is 31.7 Å². The second-order valence-corrected chi connectivity index (χ2v) is 8.18. The van der Waals surface area contributed by atoms with Crippen LogP contribution in [0.1, 0.15) is 40.2 Å². The quantitative estimate of drug-likeness (QED) is 0.797. The molecule has 2 fully saturated rings. The summed E-state index contributed by atoms with van der Waals surface area (Å²) in [6, 6.07) is 13.5. The van der Waals surface area contributed by atoms with Crippen molar-refractivity contribution in [3.8, 4) is 11.5 Å². The summed E-state index contributed by atoms with van der Waals surface area (Å²) in [6.07, 6.45) is 2.06. The van der Waals surface area contributed by atoms with Gasteiger partial charge < -0.3 is 19.7 Å². The Bertz CT molecular complexity index is 937. The molecule has 1 aliphatic heterocycles. The summed E-state index contributed by atoms with van der Waals surface area (Å²) in [4.78, 5) is 28.0. The normalized spacial score (nSPS) is 20.7. The van der Waals surface area contributed by atoms with E-state index in [1.165, 1.54) is 0 Å². The van der Waals surface area contributed by atoms with Gasteiger partial charge in [-0.2, -0.15) is 0 Å². The number of nitrogens with one attached hydrogen (secondary N) is 1. The van der Waals surface area contributed by atoms with Crippen LogP contribution in [0.15, 0.2) is 42.5 Å². The van der Waals surface area contributed by atoms with Crippen molar-refractivity contribution in [1.29, 1.82) is 0 Å². The fourth-order valence-corrected chi connectivity index (χ4v) is 4.09. The molecule has 30 heavy (non-hydrogen) atoms.